The number of nitrogens with one attached hydrogen (secondary N) is 8. The highest BCUT2D eigenvalue weighted by atomic mass is 19.1. The molecule has 0 aliphatic rings. The fraction of sp³-hybridized carbons (Fsp3) is 0.226. The van der Waals surface area contributed by atoms with Gasteiger partial charge in [-0.2, -0.15) is 0 Å². The van der Waals surface area contributed by atoms with Crippen molar-refractivity contribution in [1.29, 1.82) is 0 Å². The van der Waals surface area contributed by atoms with E-state index in [2.05, 4.69) is 54.2 Å². The van der Waals surface area contributed by atoms with Crippen LogP contribution >= 0.6 is 0 Å². The van der Waals surface area contributed by atoms with Crippen LogP contribution in [0.15, 0.2) is 127 Å². The van der Waals surface area contributed by atoms with Gasteiger partial charge in [0.15, 0.2) is 46.3 Å². The molecule has 0 spiro atoms. The normalized spacial score (nSPS) is 9.96. The summed E-state index contributed by atoms with van der Waals surface area (Å²) in [5, 5.41) is 57.3. The Hall–Kier alpha value is -9.21. The number of phenols is 4. The first-order valence-corrected chi connectivity index (χ1v) is 23.3. The number of anilines is 4. The summed E-state index contributed by atoms with van der Waals surface area (Å²) < 4.78 is 56.8. The number of hydrogen-bond donors (Lipinski definition) is 12. The van der Waals surface area contributed by atoms with Gasteiger partial charge in [0.05, 0.1) is 35.8 Å². The van der Waals surface area contributed by atoms with Crippen molar-refractivity contribution in [3.05, 3.63) is 167 Å². The maximum atomic E-state index is 13.1. The van der Waals surface area contributed by atoms with Crippen LogP contribution in [-0.4, -0.2) is 70.2 Å². The number of phenolic OH excluding ortho intramolecular Hbond substituents is 4. The summed E-state index contributed by atoms with van der Waals surface area (Å²) in [5.74, 6) is -5.88. The first-order chi connectivity index (χ1) is 35.9. The van der Waals surface area contributed by atoms with Crippen molar-refractivity contribution < 1.29 is 66.7 Å². The van der Waals surface area contributed by atoms with E-state index in [1.165, 1.54) is 48.5 Å². The summed E-state index contributed by atoms with van der Waals surface area (Å²) >= 11 is 0. The van der Waals surface area contributed by atoms with Crippen LogP contribution in [0.1, 0.15) is 56.2 Å². The molecule has 0 saturated heterocycles. The molecule has 0 radical (unpaired) electrons. The molecule has 6 aromatic rings. The molecule has 8 amide bonds. The molecule has 0 fully saturated rings. The molecule has 6 rings (SSSR count). The van der Waals surface area contributed by atoms with E-state index in [0.717, 1.165) is 60.2 Å². The molecule has 0 saturated carbocycles. The average Bonchev–Trinajstić information content (AvgIpc) is 3.38. The van der Waals surface area contributed by atoms with E-state index in [9.17, 15) is 62.0 Å². The number of carbonyl (C=O) groups is 5. The molecule has 75 heavy (non-hydrogen) atoms. The van der Waals surface area contributed by atoms with Gasteiger partial charge in [-0.1, -0.05) is 98.6 Å². The molecule has 0 aliphatic heterocycles. The summed E-state index contributed by atoms with van der Waals surface area (Å²) in [6, 6.07) is 30.6. The zero-order valence-electron chi connectivity index (χ0n) is 41.2. The Balaban J connectivity index is 0.000000264. The summed E-state index contributed by atoms with van der Waals surface area (Å²) in [6.45, 7) is 7.35. The predicted molar refractivity (Wildman–Crippen MR) is 276 cm³/mol. The third-order valence-electron chi connectivity index (χ3n) is 9.92. The van der Waals surface area contributed by atoms with E-state index < -0.39 is 76.4 Å². The average molecular weight is 1050 g/mol. The number of para-hydroxylation sites is 4. The van der Waals surface area contributed by atoms with Gasteiger partial charge in [-0.05, 0) is 85.5 Å². The Labute approximate surface area is 430 Å². The summed E-state index contributed by atoms with van der Waals surface area (Å²) in [6.07, 6.45) is 3.06. The van der Waals surface area contributed by atoms with Crippen molar-refractivity contribution >= 4 is 52.8 Å². The van der Waals surface area contributed by atoms with Crippen LogP contribution in [0.5, 0.6) is 23.0 Å². The second kappa shape index (κ2) is 32.7. The lowest BCUT2D eigenvalue weighted by atomic mass is 10.1. The number of rotatable bonds is 16. The number of halogens is 4. The SMILES string of the molecule is CCCCCNC(=O)Nc1cccc(F)c1O.CCOC(=O)CCNC(=O)Nc1cccc(F)c1O.Cc1ccccc1CNC(=O)Nc1cccc(F)c1O.O=C(NCc1ccccc1)Nc1cccc(F)c1O. The topological polar surface area (TPSA) is 272 Å². The Morgan fingerprint density at radius 2 is 0.840 bits per heavy atom. The minimum absolute atomic E-state index is 0.0329. The number of benzene rings is 6. The number of hydrogen-bond acceptors (Lipinski definition) is 10. The maximum Gasteiger partial charge on any atom is 0.319 e. The van der Waals surface area contributed by atoms with E-state index in [1.54, 1.807) is 6.92 Å². The van der Waals surface area contributed by atoms with Gasteiger partial charge >= 0.3 is 30.1 Å². The standard InChI is InChI=1S/C15H15FN2O2.C14H13FN2O2.C12H15FN2O4.C12H17FN2O2/c1-10-5-2-3-6-11(10)9-17-15(20)18-13-8-4-7-12(16)14(13)19;15-11-7-4-8-12(13(11)18)17-14(19)16-9-10-5-2-1-3-6-10;1-2-19-10(16)6-7-14-12(18)15-9-5-3-4-8(13)11(9)17;1-2-3-4-8-14-12(17)15-10-7-5-6-9(13)11(10)16/h2-8,19H,9H2,1H3,(H2,17,18,20);1-8,18H,9H2,(H2,16,17,19);3-5,17H,2,6-7H2,1H3,(H2,14,15,18);5-7,16H,2-4,8H2,1H3,(H2,14,15,17). The lowest BCUT2D eigenvalue weighted by Crippen LogP contribution is -2.30. The smallest absolute Gasteiger partial charge is 0.319 e. The molecule has 0 aromatic heterocycles. The summed E-state index contributed by atoms with van der Waals surface area (Å²) in [7, 11) is 0. The van der Waals surface area contributed by atoms with Gasteiger partial charge in [0, 0.05) is 26.2 Å². The monoisotopic (exact) mass is 1040 g/mol. The number of aryl methyl sites for hydroxylation is 1. The number of carbonyl (C=O) groups excluding carboxylic acids is 5. The second-order valence-corrected chi connectivity index (χ2v) is 15.6. The molecule has 18 nitrogen and oxygen atoms in total. The van der Waals surface area contributed by atoms with Gasteiger partial charge in [-0.3, -0.25) is 4.79 Å². The molecular weight excluding hydrogens is 985 g/mol. The van der Waals surface area contributed by atoms with E-state index in [-0.39, 0.29) is 42.3 Å². The fourth-order valence-corrected chi connectivity index (χ4v) is 5.98. The largest absolute Gasteiger partial charge is 0.503 e. The molecule has 22 heteroatoms. The summed E-state index contributed by atoms with van der Waals surface area (Å²) in [5.41, 5.74) is 3.10. The van der Waals surface area contributed by atoms with Gasteiger partial charge in [0.2, 0.25) is 0 Å². The van der Waals surface area contributed by atoms with Crippen molar-refractivity contribution in [2.24, 2.45) is 0 Å². The van der Waals surface area contributed by atoms with E-state index >= 15 is 0 Å². The van der Waals surface area contributed by atoms with E-state index in [1.807, 2.05) is 61.5 Å². The van der Waals surface area contributed by atoms with Crippen molar-refractivity contribution in [2.45, 2.75) is 59.5 Å². The molecule has 0 aliphatic carbocycles. The zero-order valence-corrected chi connectivity index (χ0v) is 41.2. The molecule has 400 valence electrons. The number of amides is 8. The van der Waals surface area contributed by atoms with Crippen LogP contribution in [0.2, 0.25) is 0 Å². The first-order valence-electron chi connectivity index (χ1n) is 23.3. The molecule has 0 unspecified atom stereocenters. The van der Waals surface area contributed by atoms with E-state index in [0.29, 0.717) is 19.6 Å². The van der Waals surface area contributed by atoms with Crippen LogP contribution in [-0.2, 0) is 22.6 Å². The molecular formula is C53H60F4N8O10. The number of unbranched alkanes of at least 4 members (excludes halogenated alkanes) is 2. The van der Waals surface area contributed by atoms with Crippen LogP contribution in [0, 0.1) is 30.2 Å². The van der Waals surface area contributed by atoms with Crippen LogP contribution in [0.4, 0.5) is 59.5 Å². The number of ether oxygens (including phenoxy) is 1. The first kappa shape index (κ1) is 60.1. The van der Waals surface area contributed by atoms with Crippen LogP contribution < -0.4 is 42.5 Å². The molecule has 12 N–H and O–H groups in total. The quantitative estimate of drug-likeness (QED) is 0.0189. The molecule has 6 aromatic carbocycles. The highest BCUT2D eigenvalue weighted by Crippen LogP contribution is 2.28. The van der Waals surface area contributed by atoms with Crippen molar-refractivity contribution in [3.63, 3.8) is 0 Å². The van der Waals surface area contributed by atoms with Gasteiger partial charge in [-0.15, -0.1) is 0 Å². The maximum absolute atomic E-state index is 13.1. The Morgan fingerprint density at radius 3 is 1.25 bits per heavy atom. The highest BCUT2D eigenvalue weighted by Gasteiger charge is 2.13. The van der Waals surface area contributed by atoms with Gasteiger partial charge < -0.3 is 67.7 Å². The molecule has 0 bridgehead atoms. The lowest BCUT2D eigenvalue weighted by Gasteiger charge is -2.10. The second-order valence-electron chi connectivity index (χ2n) is 15.6. The minimum Gasteiger partial charge on any atom is -0.503 e. The Bertz CT molecular complexity index is 2790. The third kappa shape index (κ3) is 22.4. The Kier molecular flexibility index (Phi) is 26.2. The van der Waals surface area contributed by atoms with Crippen LogP contribution in [0.25, 0.3) is 0 Å². The lowest BCUT2D eigenvalue weighted by molar-refractivity contribution is -0.142. The molecule has 0 atom stereocenters. The number of urea groups is 4. The van der Waals surface area contributed by atoms with Gasteiger partial charge in [-0.25, -0.2) is 36.7 Å². The zero-order chi connectivity index (χ0) is 55.1. The van der Waals surface area contributed by atoms with Crippen molar-refractivity contribution in [3.8, 4) is 23.0 Å². The predicted octanol–water partition coefficient (Wildman–Crippen LogP) is 10.5. The van der Waals surface area contributed by atoms with Crippen LogP contribution in [0.3, 0.4) is 0 Å². The van der Waals surface area contributed by atoms with Crippen molar-refractivity contribution in [2.75, 3.05) is 41.0 Å². The van der Waals surface area contributed by atoms with Gasteiger partial charge in [0.25, 0.3) is 0 Å². The summed E-state index contributed by atoms with van der Waals surface area (Å²) in [4.78, 5) is 57.1. The van der Waals surface area contributed by atoms with Crippen molar-refractivity contribution in [1.82, 2.24) is 21.3 Å². The Morgan fingerprint density at radius 1 is 0.453 bits per heavy atom. The van der Waals surface area contributed by atoms with E-state index in [4.69, 9.17) is 0 Å². The highest BCUT2D eigenvalue weighted by molar-refractivity contribution is 5.92. The number of esters is 1. The fourth-order valence-electron chi connectivity index (χ4n) is 5.98. The minimum atomic E-state index is -0.829. The number of aromatic hydroxyl groups is 4. The van der Waals surface area contributed by atoms with Gasteiger partial charge in [0.1, 0.15) is 0 Å². The third-order valence-corrected chi connectivity index (χ3v) is 9.92. The molecule has 0 heterocycles.